The van der Waals surface area contributed by atoms with Gasteiger partial charge >= 0.3 is 0 Å². The lowest BCUT2D eigenvalue weighted by Gasteiger charge is -1.97. The Hall–Kier alpha value is -1.56. The van der Waals surface area contributed by atoms with E-state index in [0.717, 1.165) is 12.3 Å². The molecule has 3 nitrogen and oxygen atoms in total. The molecule has 1 aromatic rings. The SMILES string of the molecule is NC(=S)NN=Cc1cccc(F)c1F. The van der Waals surface area contributed by atoms with Crippen LogP contribution in [0.4, 0.5) is 8.78 Å². The minimum absolute atomic E-state index is 0.0220. The molecule has 3 N–H and O–H groups in total. The van der Waals surface area contributed by atoms with Gasteiger partial charge in [0.2, 0.25) is 0 Å². The Bertz CT molecular complexity index is 379. The summed E-state index contributed by atoms with van der Waals surface area (Å²) in [6, 6.07) is 3.78. The Morgan fingerprint density at radius 1 is 1.50 bits per heavy atom. The molecule has 1 aromatic carbocycles. The van der Waals surface area contributed by atoms with Crippen LogP contribution in [0.25, 0.3) is 0 Å². The van der Waals surface area contributed by atoms with Gasteiger partial charge in [0.25, 0.3) is 0 Å². The molecule has 6 heteroatoms. The molecule has 0 aliphatic carbocycles. The summed E-state index contributed by atoms with van der Waals surface area (Å²) in [6.07, 6.45) is 1.09. The molecular formula is C8H7F2N3S. The van der Waals surface area contributed by atoms with Crippen LogP contribution < -0.4 is 11.2 Å². The van der Waals surface area contributed by atoms with Gasteiger partial charge in [-0.1, -0.05) is 12.1 Å². The van der Waals surface area contributed by atoms with Gasteiger partial charge in [-0.25, -0.2) is 8.78 Å². The number of nitrogens with two attached hydrogens (primary N) is 1. The summed E-state index contributed by atoms with van der Waals surface area (Å²) in [5, 5.41) is 3.45. The van der Waals surface area contributed by atoms with E-state index in [9.17, 15) is 8.78 Å². The molecule has 0 amide bonds. The van der Waals surface area contributed by atoms with Crippen molar-refractivity contribution >= 4 is 23.5 Å². The molecule has 0 radical (unpaired) electrons. The van der Waals surface area contributed by atoms with Gasteiger partial charge in [0.15, 0.2) is 16.7 Å². The van der Waals surface area contributed by atoms with Gasteiger partial charge in [0.1, 0.15) is 0 Å². The normalized spacial score (nSPS) is 10.4. The lowest BCUT2D eigenvalue weighted by Crippen LogP contribution is -2.24. The standard InChI is InChI=1S/C8H7F2N3S/c9-6-3-1-2-5(7(6)10)4-12-13-8(11)14/h1-4H,(H3,11,13,14). The van der Waals surface area contributed by atoms with Gasteiger partial charge in [0, 0.05) is 5.56 Å². The van der Waals surface area contributed by atoms with Crippen molar-refractivity contribution in [2.75, 3.05) is 0 Å². The van der Waals surface area contributed by atoms with E-state index in [1.54, 1.807) is 0 Å². The van der Waals surface area contributed by atoms with Gasteiger partial charge in [-0.15, -0.1) is 0 Å². The van der Waals surface area contributed by atoms with Crippen molar-refractivity contribution in [3.05, 3.63) is 35.4 Å². The van der Waals surface area contributed by atoms with Gasteiger partial charge in [-0.3, -0.25) is 5.43 Å². The number of hydrazone groups is 1. The number of nitrogens with zero attached hydrogens (tertiary/aromatic N) is 1. The maximum absolute atomic E-state index is 13.0. The minimum atomic E-state index is -0.957. The lowest BCUT2D eigenvalue weighted by molar-refractivity contribution is 0.507. The molecule has 0 aromatic heterocycles. The molecule has 0 heterocycles. The van der Waals surface area contributed by atoms with Crippen LogP contribution in [0.5, 0.6) is 0 Å². The summed E-state index contributed by atoms with van der Waals surface area (Å²) >= 11 is 4.45. The molecule has 1 rings (SSSR count). The average molecular weight is 215 g/mol. The van der Waals surface area contributed by atoms with Crippen molar-refractivity contribution < 1.29 is 8.78 Å². The van der Waals surface area contributed by atoms with Crippen molar-refractivity contribution in [3.8, 4) is 0 Å². The number of thiocarbonyl (C=S) groups is 1. The summed E-state index contributed by atoms with van der Waals surface area (Å²) in [5.41, 5.74) is 7.32. The first kappa shape index (κ1) is 10.5. The van der Waals surface area contributed by atoms with E-state index in [4.69, 9.17) is 5.73 Å². The molecule has 0 bridgehead atoms. The molecular weight excluding hydrogens is 208 g/mol. The molecule has 0 atom stereocenters. The second-order valence-electron chi connectivity index (χ2n) is 2.38. The smallest absolute Gasteiger partial charge is 0.184 e. The first-order chi connectivity index (χ1) is 6.61. The number of hydrogen-bond acceptors (Lipinski definition) is 2. The highest BCUT2D eigenvalue weighted by molar-refractivity contribution is 7.80. The predicted octanol–water partition coefficient (Wildman–Crippen LogP) is 1.13. The molecule has 0 unspecified atom stereocenters. The van der Waals surface area contributed by atoms with Gasteiger partial charge in [-0.2, -0.15) is 5.10 Å². The first-order valence-electron chi connectivity index (χ1n) is 3.64. The third-order valence-corrected chi connectivity index (χ3v) is 1.45. The van der Waals surface area contributed by atoms with E-state index in [-0.39, 0.29) is 10.7 Å². The van der Waals surface area contributed by atoms with Crippen molar-refractivity contribution in [3.63, 3.8) is 0 Å². The van der Waals surface area contributed by atoms with E-state index in [1.165, 1.54) is 12.1 Å². The highest BCUT2D eigenvalue weighted by Gasteiger charge is 2.04. The average Bonchev–Trinajstić information content (AvgIpc) is 2.12. The summed E-state index contributed by atoms with van der Waals surface area (Å²) in [6.45, 7) is 0. The quantitative estimate of drug-likeness (QED) is 0.442. The van der Waals surface area contributed by atoms with Crippen LogP contribution in [0.1, 0.15) is 5.56 Å². The third kappa shape index (κ3) is 2.74. The number of halogens is 2. The van der Waals surface area contributed by atoms with Crippen molar-refractivity contribution in [1.82, 2.24) is 5.43 Å². The van der Waals surface area contributed by atoms with Crippen LogP contribution in [0.3, 0.4) is 0 Å². The van der Waals surface area contributed by atoms with E-state index >= 15 is 0 Å². The van der Waals surface area contributed by atoms with E-state index in [0.29, 0.717) is 0 Å². The van der Waals surface area contributed by atoms with Crippen LogP contribution in [-0.2, 0) is 0 Å². The Balaban J connectivity index is 2.81. The Morgan fingerprint density at radius 3 is 2.86 bits per heavy atom. The van der Waals surface area contributed by atoms with E-state index < -0.39 is 11.6 Å². The zero-order valence-corrected chi connectivity index (χ0v) is 7.81. The molecule has 0 aliphatic rings. The maximum atomic E-state index is 13.0. The third-order valence-electron chi connectivity index (χ3n) is 1.36. The fourth-order valence-corrected chi connectivity index (χ4v) is 0.838. The number of rotatable bonds is 2. The summed E-state index contributed by atoms with van der Waals surface area (Å²) < 4.78 is 25.6. The molecule has 0 fully saturated rings. The molecule has 0 saturated heterocycles. The maximum Gasteiger partial charge on any atom is 0.184 e. The highest BCUT2D eigenvalue weighted by atomic mass is 32.1. The van der Waals surface area contributed by atoms with Crippen molar-refractivity contribution in [1.29, 1.82) is 0 Å². The summed E-state index contributed by atoms with van der Waals surface area (Å²) in [7, 11) is 0. The topological polar surface area (TPSA) is 50.4 Å². The van der Waals surface area contributed by atoms with Crippen LogP contribution in [0, 0.1) is 11.6 Å². The number of benzene rings is 1. The molecule has 0 saturated carbocycles. The van der Waals surface area contributed by atoms with Crippen molar-refractivity contribution in [2.24, 2.45) is 10.8 Å². The van der Waals surface area contributed by atoms with Gasteiger partial charge < -0.3 is 5.73 Å². The molecule has 0 aliphatic heterocycles. The lowest BCUT2D eigenvalue weighted by atomic mass is 10.2. The number of hydrogen-bond donors (Lipinski definition) is 2. The second kappa shape index (κ2) is 4.61. The Kier molecular flexibility index (Phi) is 3.47. The van der Waals surface area contributed by atoms with E-state index in [1.807, 2.05) is 0 Å². The van der Waals surface area contributed by atoms with Gasteiger partial charge in [-0.05, 0) is 18.3 Å². The van der Waals surface area contributed by atoms with E-state index in [2.05, 4.69) is 22.7 Å². The number of nitrogens with one attached hydrogen (secondary N) is 1. The van der Waals surface area contributed by atoms with Gasteiger partial charge in [0.05, 0.1) is 6.21 Å². The van der Waals surface area contributed by atoms with Crippen LogP contribution in [-0.4, -0.2) is 11.3 Å². The van der Waals surface area contributed by atoms with Crippen LogP contribution in [0.2, 0.25) is 0 Å². The van der Waals surface area contributed by atoms with Crippen LogP contribution in [0.15, 0.2) is 23.3 Å². The van der Waals surface area contributed by atoms with Crippen LogP contribution >= 0.6 is 12.2 Å². The molecule has 0 spiro atoms. The summed E-state index contributed by atoms with van der Waals surface area (Å²) in [5.74, 6) is -1.88. The fourth-order valence-electron chi connectivity index (χ4n) is 0.786. The second-order valence-corrected chi connectivity index (χ2v) is 2.82. The minimum Gasteiger partial charge on any atom is -0.375 e. The fraction of sp³-hybridized carbons (Fsp3) is 0. The largest absolute Gasteiger partial charge is 0.375 e. The summed E-state index contributed by atoms with van der Waals surface area (Å²) in [4.78, 5) is 0. The zero-order valence-electron chi connectivity index (χ0n) is 7.00. The Labute approximate surface area is 84.6 Å². The highest BCUT2D eigenvalue weighted by Crippen LogP contribution is 2.08. The van der Waals surface area contributed by atoms with Crippen molar-refractivity contribution in [2.45, 2.75) is 0 Å². The Morgan fingerprint density at radius 2 is 2.21 bits per heavy atom. The molecule has 74 valence electrons. The first-order valence-corrected chi connectivity index (χ1v) is 4.04. The molecule has 14 heavy (non-hydrogen) atoms. The monoisotopic (exact) mass is 215 g/mol. The predicted molar refractivity (Wildman–Crippen MR) is 53.9 cm³/mol. The zero-order chi connectivity index (χ0) is 10.6.